The number of aliphatic hydroxyl groups excluding tert-OH is 1. The van der Waals surface area contributed by atoms with Crippen molar-refractivity contribution in [1.82, 2.24) is 10.2 Å². The summed E-state index contributed by atoms with van der Waals surface area (Å²) in [7, 11) is 1.63. The molecule has 0 radical (unpaired) electrons. The van der Waals surface area contributed by atoms with Crippen LogP contribution in [0.5, 0.6) is 5.75 Å². The average Bonchev–Trinajstić information content (AvgIpc) is 2.49. The molecule has 0 aliphatic heterocycles. The highest BCUT2D eigenvalue weighted by Crippen LogP contribution is 2.24. The van der Waals surface area contributed by atoms with Gasteiger partial charge in [0.2, 0.25) is 0 Å². The molecule has 1 rings (SSSR count). The van der Waals surface area contributed by atoms with E-state index in [1.165, 1.54) is 0 Å². The predicted octanol–water partition coefficient (Wildman–Crippen LogP) is 3.19. The third kappa shape index (κ3) is 5.75. The van der Waals surface area contributed by atoms with Crippen LogP contribution in [-0.4, -0.2) is 41.8 Å². The molecule has 5 heteroatoms. The Kier molecular flexibility index (Phi) is 7.36. The zero-order valence-corrected chi connectivity index (χ0v) is 15.0. The van der Waals surface area contributed by atoms with Crippen molar-refractivity contribution >= 4 is 6.03 Å². The molecule has 0 fully saturated rings. The van der Waals surface area contributed by atoms with Crippen LogP contribution in [0, 0.1) is 5.92 Å². The predicted molar refractivity (Wildman–Crippen MR) is 92.6 cm³/mol. The largest absolute Gasteiger partial charge is 0.497 e. The van der Waals surface area contributed by atoms with E-state index in [9.17, 15) is 9.90 Å². The minimum Gasteiger partial charge on any atom is -0.497 e. The molecule has 0 heterocycles. The number of nitrogens with zero attached hydrogens (tertiary/aromatic N) is 1. The second kappa shape index (κ2) is 8.77. The summed E-state index contributed by atoms with van der Waals surface area (Å²) >= 11 is 0. The smallest absolute Gasteiger partial charge is 0.318 e. The van der Waals surface area contributed by atoms with Crippen molar-refractivity contribution in [2.75, 3.05) is 13.7 Å². The van der Waals surface area contributed by atoms with Gasteiger partial charge in [-0.1, -0.05) is 26.0 Å². The van der Waals surface area contributed by atoms with E-state index < -0.39 is 6.10 Å². The summed E-state index contributed by atoms with van der Waals surface area (Å²) in [6, 6.07) is 7.50. The summed E-state index contributed by atoms with van der Waals surface area (Å²) in [6.07, 6.45) is -0.554. The van der Waals surface area contributed by atoms with E-state index >= 15 is 0 Å². The standard InChI is InChI=1S/C18H30N2O3/c1-12(2)17(15-7-9-16(23-6)10-8-15)19-18(22)20(13(3)4)11-14(5)21/h7-10,12-14,17,21H,11H2,1-6H3,(H,19,22). The van der Waals surface area contributed by atoms with Crippen molar-refractivity contribution in [3.8, 4) is 5.75 Å². The Balaban J connectivity index is 2.91. The van der Waals surface area contributed by atoms with Crippen molar-refractivity contribution < 1.29 is 14.6 Å². The van der Waals surface area contributed by atoms with Crippen LogP contribution in [0.2, 0.25) is 0 Å². The lowest BCUT2D eigenvalue weighted by molar-refractivity contribution is 0.116. The van der Waals surface area contributed by atoms with Gasteiger partial charge >= 0.3 is 6.03 Å². The van der Waals surface area contributed by atoms with Crippen molar-refractivity contribution in [1.29, 1.82) is 0 Å². The molecule has 2 amide bonds. The maximum absolute atomic E-state index is 12.6. The van der Waals surface area contributed by atoms with Gasteiger partial charge in [-0.2, -0.15) is 0 Å². The lowest BCUT2D eigenvalue weighted by Gasteiger charge is -2.32. The van der Waals surface area contributed by atoms with Crippen LogP contribution >= 0.6 is 0 Å². The van der Waals surface area contributed by atoms with Gasteiger partial charge < -0.3 is 20.1 Å². The number of hydrogen-bond donors (Lipinski definition) is 2. The van der Waals surface area contributed by atoms with Crippen LogP contribution in [0.4, 0.5) is 4.79 Å². The van der Waals surface area contributed by atoms with E-state index in [0.717, 1.165) is 11.3 Å². The molecule has 2 N–H and O–H groups in total. The Labute approximate surface area is 139 Å². The molecule has 130 valence electrons. The Morgan fingerprint density at radius 3 is 2.13 bits per heavy atom. The number of carbonyl (C=O) groups is 1. The molecule has 1 aromatic carbocycles. The van der Waals surface area contributed by atoms with Crippen molar-refractivity contribution in [3.05, 3.63) is 29.8 Å². The second-order valence-corrected chi connectivity index (χ2v) is 6.54. The van der Waals surface area contributed by atoms with Gasteiger partial charge in [-0.3, -0.25) is 0 Å². The van der Waals surface area contributed by atoms with Crippen LogP contribution < -0.4 is 10.1 Å². The van der Waals surface area contributed by atoms with E-state index in [0.29, 0.717) is 6.54 Å². The summed E-state index contributed by atoms with van der Waals surface area (Å²) < 4.78 is 5.18. The summed E-state index contributed by atoms with van der Waals surface area (Å²) in [6.45, 7) is 10.0. The van der Waals surface area contributed by atoms with Crippen LogP contribution in [-0.2, 0) is 0 Å². The van der Waals surface area contributed by atoms with Crippen molar-refractivity contribution in [3.63, 3.8) is 0 Å². The molecule has 0 aliphatic rings. The molecule has 0 saturated heterocycles. The molecule has 0 saturated carbocycles. The number of nitrogens with one attached hydrogen (secondary N) is 1. The van der Waals surface area contributed by atoms with Gasteiger partial charge in [0.1, 0.15) is 5.75 Å². The van der Waals surface area contributed by atoms with Crippen molar-refractivity contribution in [2.45, 2.75) is 52.8 Å². The quantitative estimate of drug-likeness (QED) is 0.810. The van der Waals surface area contributed by atoms with Crippen LogP contribution in [0.1, 0.15) is 46.2 Å². The fraction of sp³-hybridized carbons (Fsp3) is 0.611. The lowest BCUT2D eigenvalue weighted by atomic mass is 9.96. The van der Waals surface area contributed by atoms with Gasteiger partial charge in [0.15, 0.2) is 0 Å². The molecule has 2 unspecified atom stereocenters. The molecule has 0 aromatic heterocycles. The molecule has 5 nitrogen and oxygen atoms in total. The monoisotopic (exact) mass is 322 g/mol. The first-order valence-electron chi connectivity index (χ1n) is 8.15. The zero-order valence-electron chi connectivity index (χ0n) is 15.0. The average molecular weight is 322 g/mol. The maximum Gasteiger partial charge on any atom is 0.318 e. The van der Waals surface area contributed by atoms with E-state index in [-0.39, 0.29) is 24.0 Å². The summed E-state index contributed by atoms with van der Waals surface area (Å²) in [5, 5.41) is 12.7. The van der Waals surface area contributed by atoms with Gasteiger partial charge in [0, 0.05) is 12.6 Å². The Morgan fingerprint density at radius 2 is 1.74 bits per heavy atom. The van der Waals surface area contributed by atoms with Gasteiger partial charge in [-0.25, -0.2) is 4.79 Å². The zero-order chi connectivity index (χ0) is 17.6. The number of carbonyl (C=O) groups excluding carboxylic acids is 1. The molecule has 23 heavy (non-hydrogen) atoms. The highest BCUT2D eigenvalue weighted by molar-refractivity contribution is 5.75. The highest BCUT2D eigenvalue weighted by Gasteiger charge is 2.24. The van der Waals surface area contributed by atoms with Gasteiger partial charge in [0.25, 0.3) is 0 Å². The molecule has 0 aliphatic carbocycles. The van der Waals surface area contributed by atoms with Gasteiger partial charge in [0.05, 0.1) is 19.3 Å². The van der Waals surface area contributed by atoms with E-state index in [1.54, 1.807) is 18.9 Å². The van der Waals surface area contributed by atoms with Crippen molar-refractivity contribution in [2.24, 2.45) is 5.92 Å². The minimum absolute atomic E-state index is 0.0216. The topological polar surface area (TPSA) is 61.8 Å². The first kappa shape index (κ1) is 19.3. The van der Waals surface area contributed by atoms with Gasteiger partial charge in [-0.05, 0) is 44.4 Å². The fourth-order valence-corrected chi connectivity index (χ4v) is 2.47. The third-order valence-electron chi connectivity index (χ3n) is 3.77. The number of aliphatic hydroxyl groups is 1. The summed E-state index contributed by atoms with van der Waals surface area (Å²) in [5.74, 6) is 1.04. The second-order valence-electron chi connectivity index (χ2n) is 6.54. The van der Waals surface area contributed by atoms with Crippen LogP contribution in [0.25, 0.3) is 0 Å². The van der Waals surface area contributed by atoms with E-state index in [1.807, 2.05) is 38.1 Å². The van der Waals surface area contributed by atoms with Crippen LogP contribution in [0.15, 0.2) is 24.3 Å². The molecular formula is C18H30N2O3. The molecule has 1 aromatic rings. The molecule has 2 atom stereocenters. The lowest BCUT2D eigenvalue weighted by Crippen LogP contribution is -2.48. The minimum atomic E-state index is -0.554. The number of rotatable bonds is 7. The summed E-state index contributed by atoms with van der Waals surface area (Å²) in [5.41, 5.74) is 1.04. The Morgan fingerprint density at radius 1 is 1.17 bits per heavy atom. The van der Waals surface area contributed by atoms with Crippen LogP contribution in [0.3, 0.4) is 0 Å². The number of ether oxygens (including phenoxy) is 1. The molecule has 0 spiro atoms. The normalized spacial score (nSPS) is 13.8. The third-order valence-corrected chi connectivity index (χ3v) is 3.77. The van der Waals surface area contributed by atoms with E-state index in [4.69, 9.17) is 4.74 Å². The molecular weight excluding hydrogens is 292 g/mol. The molecule has 0 bridgehead atoms. The maximum atomic E-state index is 12.6. The number of hydrogen-bond acceptors (Lipinski definition) is 3. The van der Waals surface area contributed by atoms with Gasteiger partial charge in [-0.15, -0.1) is 0 Å². The number of methoxy groups -OCH3 is 1. The van der Waals surface area contributed by atoms with E-state index in [2.05, 4.69) is 19.2 Å². The number of amides is 2. The highest BCUT2D eigenvalue weighted by atomic mass is 16.5. The SMILES string of the molecule is COc1ccc(C(NC(=O)N(CC(C)O)C(C)C)C(C)C)cc1. The fourth-order valence-electron chi connectivity index (χ4n) is 2.47. The number of benzene rings is 1. The Bertz CT molecular complexity index is 484. The first-order chi connectivity index (χ1) is 10.8. The first-order valence-corrected chi connectivity index (χ1v) is 8.15. The summed E-state index contributed by atoms with van der Waals surface area (Å²) in [4.78, 5) is 14.3. The number of urea groups is 1. The Hall–Kier alpha value is -1.75.